The number of rotatable bonds is 7. The molecular formula is C20H26N4O4S. The zero-order chi connectivity index (χ0) is 20.6. The highest BCUT2D eigenvalue weighted by atomic mass is 32.2. The molecule has 1 amide bonds. The van der Waals surface area contributed by atoms with E-state index in [-0.39, 0.29) is 16.7 Å². The van der Waals surface area contributed by atoms with Gasteiger partial charge in [0.05, 0.1) is 16.9 Å². The first-order valence-electron chi connectivity index (χ1n) is 10.0. The van der Waals surface area contributed by atoms with E-state index in [1.54, 1.807) is 12.1 Å². The average Bonchev–Trinajstić information content (AvgIpc) is 3.16. The summed E-state index contributed by atoms with van der Waals surface area (Å²) in [6, 6.07) is 5.64. The van der Waals surface area contributed by atoms with Crippen molar-refractivity contribution in [2.45, 2.75) is 49.0 Å². The molecule has 1 unspecified atom stereocenters. The Hall–Kier alpha value is -2.26. The first kappa shape index (κ1) is 20.0. The summed E-state index contributed by atoms with van der Waals surface area (Å²) >= 11 is 0. The molecule has 29 heavy (non-hydrogen) atoms. The van der Waals surface area contributed by atoms with Gasteiger partial charge in [-0.3, -0.25) is 4.79 Å². The topological polar surface area (TPSA) is 119 Å². The Morgan fingerprint density at radius 1 is 1.24 bits per heavy atom. The minimum absolute atomic E-state index is 0.0506. The molecule has 4 rings (SSSR count). The van der Waals surface area contributed by atoms with E-state index in [9.17, 15) is 13.2 Å². The summed E-state index contributed by atoms with van der Waals surface area (Å²) < 4.78 is 28.8. The lowest BCUT2D eigenvalue weighted by Gasteiger charge is -2.25. The number of nitrogens with zero attached hydrogens (tertiary/aromatic N) is 3. The van der Waals surface area contributed by atoms with E-state index in [2.05, 4.69) is 10.1 Å². The Morgan fingerprint density at radius 2 is 1.90 bits per heavy atom. The van der Waals surface area contributed by atoms with Gasteiger partial charge >= 0.3 is 0 Å². The molecule has 2 aliphatic rings. The van der Waals surface area contributed by atoms with Crippen LogP contribution in [0.2, 0.25) is 0 Å². The molecule has 2 aromatic rings. The van der Waals surface area contributed by atoms with Crippen molar-refractivity contribution in [2.75, 3.05) is 19.3 Å². The van der Waals surface area contributed by atoms with Crippen LogP contribution in [0.15, 0.2) is 33.7 Å². The number of aromatic nitrogens is 2. The van der Waals surface area contributed by atoms with Gasteiger partial charge in [0, 0.05) is 24.9 Å². The molecule has 1 aromatic heterocycles. The van der Waals surface area contributed by atoms with Crippen LogP contribution in [-0.2, 0) is 14.6 Å². The summed E-state index contributed by atoms with van der Waals surface area (Å²) in [5.41, 5.74) is 7.03. The van der Waals surface area contributed by atoms with Crippen molar-refractivity contribution >= 4 is 15.7 Å². The number of hydrogen-bond donors (Lipinski definition) is 1. The molecule has 2 atom stereocenters. The van der Waals surface area contributed by atoms with Crippen LogP contribution in [0, 0.1) is 5.92 Å². The van der Waals surface area contributed by atoms with E-state index in [4.69, 9.17) is 10.3 Å². The minimum Gasteiger partial charge on any atom is -0.341 e. The Labute approximate surface area is 170 Å². The Morgan fingerprint density at radius 3 is 2.48 bits per heavy atom. The highest BCUT2D eigenvalue weighted by Gasteiger charge is 2.38. The zero-order valence-corrected chi connectivity index (χ0v) is 17.3. The summed E-state index contributed by atoms with van der Waals surface area (Å²) in [7, 11) is -3.27. The summed E-state index contributed by atoms with van der Waals surface area (Å²) in [6.45, 7) is 1.51. The molecule has 1 aromatic carbocycles. The molecular weight excluding hydrogens is 392 g/mol. The molecule has 156 valence electrons. The van der Waals surface area contributed by atoms with Gasteiger partial charge < -0.3 is 15.2 Å². The molecule has 2 N–H and O–H groups in total. The van der Waals surface area contributed by atoms with E-state index in [0.717, 1.165) is 51.4 Å². The van der Waals surface area contributed by atoms with Crippen molar-refractivity contribution in [3.05, 3.63) is 30.2 Å². The van der Waals surface area contributed by atoms with Crippen molar-refractivity contribution in [1.82, 2.24) is 15.0 Å². The third-order valence-electron chi connectivity index (χ3n) is 5.72. The fraction of sp³-hybridized carbons (Fsp3) is 0.550. The number of amides is 1. The largest absolute Gasteiger partial charge is 0.341 e. The molecule has 0 bridgehead atoms. The Kier molecular flexibility index (Phi) is 5.44. The molecule has 1 saturated heterocycles. The predicted octanol–water partition coefficient (Wildman–Crippen LogP) is 1.97. The van der Waals surface area contributed by atoms with Crippen LogP contribution in [0.5, 0.6) is 0 Å². The van der Waals surface area contributed by atoms with Gasteiger partial charge in [-0.05, 0) is 49.4 Å². The maximum atomic E-state index is 12.8. The average molecular weight is 419 g/mol. The highest BCUT2D eigenvalue weighted by Crippen LogP contribution is 2.40. The van der Waals surface area contributed by atoms with Gasteiger partial charge in [0.2, 0.25) is 17.6 Å². The standard InChI is InChI=1S/C20H26N4O4S/c1-29(26,27)15-8-6-14(7-9-15)18-22-19(28-23-18)16(12-13-4-5-13)17(21)20(25)24-10-2-3-11-24/h6-9,13,16-17H,2-5,10-12,21H2,1H3/t16?,17-/m0/s1. The van der Waals surface area contributed by atoms with Crippen LogP contribution in [0.1, 0.15) is 43.9 Å². The number of hydrogen-bond acceptors (Lipinski definition) is 7. The van der Waals surface area contributed by atoms with Crippen molar-refractivity contribution < 1.29 is 17.7 Å². The van der Waals surface area contributed by atoms with Crippen molar-refractivity contribution in [2.24, 2.45) is 11.7 Å². The zero-order valence-electron chi connectivity index (χ0n) is 16.5. The monoisotopic (exact) mass is 418 g/mol. The number of carbonyl (C=O) groups is 1. The molecule has 2 heterocycles. The van der Waals surface area contributed by atoms with Gasteiger partial charge in [0.15, 0.2) is 9.84 Å². The van der Waals surface area contributed by atoms with Crippen LogP contribution in [0.3, 0.4) is 0 Å². The van der Waals surface area contributed by atoms with Crippen LogP contribution in [0.4, 0.5) is 0 Å². The van der Waals surface area contributed by atoms with Crippen molar-refractivity contribution in [3.63, 3.8) is 0 Å². The lowest BCUT2D eigenvalue weighted by Crippen LogP contribution is -2.46. The van der Waals surface area contributed by atoms with Crippen LogP contribution in [-0.4, -0.2) is 54.8 Å². The van der Waals surface area contributed by atoms with E-state index in [1.807, 2.05) is 4.90 Å². The van der Waals surface area contributed by atoms with Gasteiger partial charge in [-0.15, -0.1) is 0 Å². The van der Waals surface area contributed by atoms with Crippen LogP contribution < -0.4 is 5.73 Å². The maximum absolute atomic E-state index is 12.8. The molecule has 9 heteroatoms. The second-order valence-electron chi connectivity index (χ2n) is 8.10. The second kappa shape index (κ2) is 7.87. The summed E-state index contributed by atoms with van der Waals surface area (Å²) in [4.78, 5) is 19.4. The van der Waals surface area contributed by atoms with E-state index < -0.39 is 15.9 Å². The third-order valence-corrected chi connectivity index (χ3v) is 6.85. The van der Waals surface area contributed by atoms with Gasteiger partial charge in [-0.25, -0.2) is 8.42 Å². The minimum atomic E-state index is -3.27. The van der Waals surface area contributed by atoms with E-state index >= 15 is 0 Å². The van der Waals surface area contributed by atoms with Crippen molar-refractivity contribution in [1.29, 1.82) is 0 Å². The van der Waals surface area contributed by atoms with Crippen LogP contribution in [0.25, 0.3) is 11.4 Å². The first-order valence-corrected chi connectivity index (χ1v) is 11.9. The number of benzene rings is 1. The molecule has 0 radical (unpaired) electrons. The van der Waals surface area contributed by atoms with E-state index in [1.165, 1.54) is 12.1 Å². The fourth-order valence-corrected chi connectivity index (χ4v) is 4.42. The number of sulfone groups is 1. The molecule has 0 spiro atoms. The SMILES string of the molecule is CS(=O)(=O)c1ccc(-c2noc(C(CC3CC3)[C@H](N)C(=O)N3CCCC3)n2)cc1. The van der Waals surface area contributed by atoms with Gasteiger partial charge in [-0.2, -0.15) is 4.98 Å². The molecule has 1 aliphatic heterocycles. The molecule has 1 saturated carbocycles. The first-order chi connectivity index (χ1) is 13.8. The fourth-order valence-electron chi connectivity index (χ4n) is 3.79. The quantitative estimate of drug-likeness (QED) is 0.730. The number of carbonyl (C=O) groups excluding carboxylic acids is 1. The van der Waals surface area contributed by atoms with Gasteiger partial charge in [-0.1, -0.05) is 18.0 Å². The van der Waals surface area contributed by atoms with Crippen LogP contribution >= 0.6 is 0 Å². The lowest BCUT2D eigenvalue weighted by molar-refractivity contribution is -0.132. The number of nitrogens with two attached hydrogens (primary N) is 1. The van der Waals surface area contributed by atoms with E-state index in [0.29, 0.717) is 23.2 Å². The Bertz CT molecular complexity index is 976. The normalized spacial score (nSPS) is 19.3. The number of likely N-dealkylation sites (tertiary alicyclic amines) is 1. The van der Waals surface area contributed by atoms with Gasteiger partial charge in [0.25, 0.3) is 0 Å². The maximum Gasteiger partial charge on any atom is 0.240 e. The highest BCUT2D eigenvalue weighted by molar-refractivity contribution is 7.90. The summed E-state index contributed by atoms with van der Waals surface area (Å²) in [5.74, 6) is 0.917. The third kappa shape index (κ3) is 4.51. The molecule has 2 fully saturated rings. The summed E-state index contributed by atoms with van der Waals surface area (Å²) in [6.07, 6.45) is 6.22. The smallest absolute Gasteiger partial charge is 0.240 e. The van der Waals surface area contributed by atoms with Crippen molar-refractivity contribution in [3.8, 4) is 11.4 Å². The molecule has 1 aliphatic carbocycles. The predicted molar refractivity (Wildman–Crippen MR) is 107 cm³/mol. The molecule has 8 nitrogen and oxygen atoms in total. The second-order valence-corrected chi connectivity index (χ2v) is 10.1. The lowest BCUT2D eigenvalue weighted by atomic mass is 9.93. The van der Waals surface area contributed by atoms with Gasteiger partial charge in [0.1, 0.15) is 0 Å². The Balaban J connectivity index is 1.56. The summed E-state index contributed by atoms with van der Waals surface area (Å²) in [5, 5.41) is 4.05.